The number of carbonyl (C=O) groups excluding carboxylic acids is 2. The number of rotatable bonds is 6. The van der Waals surface area contributed by atoms with Gasteiger partial charge in [-0.1, -0.05) is 51.4 Å². The van der Waals surface area contributed by atoms with Crippen molar-refractivity contribution < 1.29 is 24.2 Å². The molecule has 0 aromatic heterocycles. The predicted octanol–water partition coefficient (Wildman–Crippen LogP) is 8.21. The molecule has 0 saturated heterocycles. The lowest BCUT2D eigenvalue weighted by Crippen LogP contribution is -2.45. The molecule has 1 N–H and O–H groups in total. The zero-order valence-corrected chi connectivity index (χ0v) is 27.4. The van der Waals surface area contributed by atoms with Gasteiger partial charge in [0.25, 0.3) is 0 Å². The van der Waals surface area contributed by atoms with E-state index < -0.39 is 11.9 Å². The molecule has 5 rings (SSSR count). The first-order valence-corrected chi connectivity index (χ1v) is 15.5. The lowest BCUT2D eigenvalue weighted by molar-refractivity contribution is -0.138. The van der Waals surface area contributed by atoms with E-state index in [1.165, 1.54) is 0 Å². The van der Waals surface area contributed by atoms with Crippen molar-refractivity contribution in [3.63, 3.8) is 0 Å². The first-order valence-electron chi connectivity index (χ1n) is 13.5. The molecule has 0 atom stereocenters. The summed E-state index contributed by atoms with van der Waals surface area (Å²) in [6.45, 7) is 8.13. The Bertz CT molecular complexity index is 1460. The molecule has 0 saturated carbocycles. The Morgan fingerprint density at radius 2 is 1.49 bits per heavy atom. The van der Waals surface area contributed by atoms with Crippen LogP contribution in [0.15, 0.2) is 67.9 Å². The smallest absolute Gasteiger partial charge is 0.323 e. The summed E-state index contributed by atoms with van der Waals surface area (Å²) < 4.78 is 7.49. The first-order chi connectivity index (χ1) is 19.2. The number of halogens is 3. The largest absolute Gasteiger partial charge is 0.487 e. The molecule has 2 aliphatic carbocycles. The van der Waals surface area contributed by atoms with Crippen LogP contribution >= 0.6 is 43.5 Å². The molecule has 1 aliphatic heterocycles. The summed E-state index contributed by atoms with van der Waals surface area (Å²) in [6.07, 6.45) is 1.75. The normalized spacial score (nSPS) is 20.2. The molecule has 0 radical (unpaired) electrons. The van der Waals surface area contributed by atoms with Crippen LogP contribution in [0.4, 0.5) is 0 Å². The van der Waals surface area contributed by atoms with Crippen LogP contribution in [0.1, 0.15) is 70.4 Å². The van der Waals surface area contributed by atoms with Crippen LogP contribution in [0.2, 0.25) is 5.02 Å². The zero-order chi connectivity index (χ0) is 29.9. The highest BCUT2D eigenvalue weighted by molar-refractivity contribution is 9.11. The Hall–Kier alpha value is -2.42. The molecule has 9 heteroatoms. The third kappa shape index (κ3) is 6.06. The van der Waals surface area contributed by atoms with E-state index in [9.17, 15) is 19.5 Å². The quantitative estimate of drug-likeness (QED) is 0.326. The number of ether oxygens (including phenoxy) is 1. The van der Waals surface area contributed by atoms with E-state index in [1.807, 2.05) is 58.0 Å². The Morgan fingerprint density at radius 1 is 0.951 bits per heavy atom. The van der Waals surface area contributed by atoms with E-state index >= 15 is 0 Å². The maximum Gasteiger partial charge on any atom is 0.323 e. The van der Waals surface area contributed by atoms with Crippen molar-refractivity contribution in [1.29, 1.82) is 0 Å². The molecule has 216 valence electrons. The van der Waals surface area contributed by atoms with Gasteiger partial charge in [-0.2, -0.15) is 0 Å². The number of allylic oxidation sites excluding steroid dienone is 4. The van der Waals surface area contributed by atoms with Crippen molar-refractivity contribution in [2.24, 2.45) is 10.8 Å². The van der Waals surface area contributed by atoms with Crippen LogP contribution in [-0.4, -0.2) is 34.1 Å². The van der Waals surface area contributed by atoms with Gasteiger partial charge < -0.3 is 14.7 Å². The number of aliphatic carboxylic acids is 1. The molecule has 41 heavy (non-hydrogen) atoms. The van der Waals surface area contributed by atoms with Crippen molar-refractivity contribution in [1.82, 2.24) is 4.90 Å². The number of carboxylic acid groups (broad SMARTS) is 1. The van der Waals surface area contributed by atoms with Gasteiger partial charge in [0, 0.05) is 46.3 Å². The molecule has 0 spiro atoms. The molecule has 0 bridgehead atoms. The Labute approximate surface area is 262 Å². The molecule has 3 aliphatic rings. The Balaban J connectivity index is 1.64. The number of nitrogens with zero attached hydrogens (tertiary/aromatic N) is 1. The number of carbonyl (C=O) groups is 3. The zero-order valence-electron chi connectivity index (χ0n) is 23.4. The average molecular weight is 706 g/mol. The number of ketones is 2. The highest BCUT2D eigenvalue weighted by Crippen LogP contribution is 2.55. The van der Waals surface area contributed by atoms with Gasteiger partial charge in [-0.25, -0.2) is 0 Å². The summed E-state index contributed by atoms with van der Waals surface area (Å²) >= 11 is 13.5. The summed E-state index contributed by atoms with van der Waals surface area (Å²) in [7, 11) is 0. The number of carboxylic acids is 1. The summed E-state index contributed by atoms with van der Waals surface area (Å²) in [5, 5.41) is 10.5. The standard InChI is InChI=1S/C32H32Br2ClNO5/c1-31(2)11-22-28(24(37)13-31)27(29-23(36(22)15-26(39)40)12-32(3,4)14-25(29)38)18-9-20(33)30(21(34)10-18)41-16-17-6-5-7-19(35)8-17/h5-10,27H,11-16H2,1-4H3,(H,39,40). The van der Waals surface area contributed by atoms with Gasteiger partial charge in [-0.15, -0.1) is 0 Å². The SMILES string of the molecule is CC1(C)CC(=O)C2=C(C1)N(CC(=O)O)C1=C(C(=O)CC(C)(C)C1)C2c1cc(Br)c(OCc2cccc(Cl)c2)c(Br)c1. The number of benzene rings is 2. The molecule has 0 amide bonds. The first kappa shape index (κ1) is 30.1. The van der Waals surface area contributed by atoms with Crippen LogP contribution in [0, 0.1) is 10.8 Å². The van der Waals surface area contributed by atoms with Crippen molar-refractivity contribution in [2.45, 2.75) is 65.9 Å². The summed E-state index contributed by atoms with van der Waals surface area (Å²) in [6, 6.07) is 11.3. The minimum Gasteiger partial charge on any atom is -0.487 e. The fourth-order valence-electron chi connectivity index (χ4n) is 6.37. The molecule has 0 unspecified atom stereocenters. The van der Waals surface area contributed by atoms with Crippen LogP contribution in [0.25, 0.3) is 0 Å². The maximum atomic E-state index is 13.9. The topological polar surface area (TPSA) is 83.9 Å². The lowest BCUT2D eigenvalue weighted by atomic mass is 9.63. The monoisotopic (exact) mass is 703 g/mol. The second-order valence-corrected chi connectivity index (χ2v) is 14.9. The molecule has 2 aromatic rings. The highest BCUT2D eigenvalue weighted by Gasteiger charge is 2.49. The van der Waals surface area contributed by atoms with E-state index in [-0.39, 0.29) is 28.9 Å². The third-order valence-electron chi connectivity index (χ3n) is 7.94. The van der Waals surface area contributed by atoms with Crippen molar-refractivity contribution in [3.05, 3.63) is 84.0 Å². The highest BCUT2D eigenvalue weighted by atomic mass is 79.9. The van der Waals surface area contributed by atoms with Gasteiger partial charge >= 0.3 is 5.97 Å². The molecule has 6 nitrogen and oxygen atoms in total. The van der Waals surface area contributed by atoms with Gasteiger partial charge in [0.1, 0.15) is 18.9 Å². The van der Waals surface area contributed by atoms with E-state index in [0.29, 0.717) is 63.2 Å². The second kappa shape index (κ2) is 11.0. The minimum atomic E-state index is -1.000. The van der Waals surface area contributed by atoms with Gasteiger partial charge in [0.05, 0.1) is 8.95 Å². The van der Waals surface area contributed by atoms with Gasteiger partial charge in [0.15, 0.2) is 11.6 Å². The van der Waals surface area contributed by atoms with Gasteiger partial charge in [0.2, 0.25) is 0 Å². The Kier molecular flexibility index (Phi) is 8.07. The molecule has 0 fully saturated rings. The van der Waals surface area contributed by atoms with Crippen LogP contribution in [-0.2, 0) is 21.0 Å². The van der Waals surface area contributed by atoms with Gasteiger partial charge in [-0.3, -0.25) is 14.4 Å². The summed E-state index contributed by atoms with van der Waals surface area (Å²) in [5.74, 6) is -1.09. The molecule has 2 aromatic carbocycles. The fourth-order valence-corrected chi connectivity index (χ4v) is 8.04. The minimum absolute atomic E-state index is 0.0469. The van der Waals surface area contributed by atoms with E-state index in [2.05, 4.69) is 31.9 Å². The predicted molar refractivity (Wildman–Crippen MR) is 165 cm³/mol. The third-order valence-corrected chi connectivity index (χ3v) is 9.35. The van der Waals surface area contributed by atoms with E-state index in [4.69, 9.17) is 16.3 Å². The van der Waals surface area contributed by atoms with Gasteiger partial charge in [-0.05, 0) is 90.9 Å². The molecule has 1 heterocycles. The number of hydrogen-bond donors (Lipinski definition) is 1. The second-order valence-electron chi connectivity index (χ2n) is 12.7. The van der Waals surface area contributed by atoms with E-state index in [1.54, 1.807) is 11.0 Å². The van der Waals surface area contributed by atoms with Crippen LogP contribution in [0.5, 0.6) is 5.75 Å². The van der Waals surface area contributed by atoms with Crippen molar-refractivity contribution in [3.8, 4) is 5.75 Å². The number of Topliss-reactive ketones (excluding diaryl/α,β-unsaturated/α-hetero) is 2. The van der Waals surface area contributed by atoms with Crippen LogP contribution < -0.4 is 4.74 Å². The Morgan fingerprint density at radius 3 is 1.98 bits per heavy atom. The lowest BCUT2D eigenvalue weighted by Gasteiger charge is -2.48. The van der Waals surface area contributed by atoms with Crippen molar-refractivity contribution in [2.75, 3.05) is 6.54 Å². The number of hydrogen-bond acceptors (Lipinski definition) is 5. The van der Waals surface area contributed by atoms with Crippen molar-refractivity contribution >= 4 is 61.0 Å². The molecular weight excluding hydrogens is 674 g/mol. The molecular formula is C32H32Br2ClNO5. The van der Waals surface area contributed by atoms with Crippen LogP contribution in [0.3, 0.4) is 0 Å². The fraction of sp³-hybridized carbons (Fsp3) is 0.406. The average Bonchev–Trinajstić information content (AvgIpc) is 2.82. The summed E-state index contributed by atoms with van der Waals surface area (Å²) in [5.41, 5.74) is 3.53. The summed E-state index contributed by atoms with van der Waals surface area (Å²) in [4.78, 5) is 41.6. The maximum absolute atomic E-state index is 13.9. The van der Waals surface area contributed by atoms with E-state index in [0.717, 1.165) is 22.5 Å².